The summed E-state index contributed by atoms with van der Waals surface area (Å²) in [6, 6.07) is 0. The first-order valence-corrected chi connectivity index (χ1v) is 13.6. The van der Waals surface area contributed by atoms with E-state index in [4.69, 9.17) is 4.74 Å². The van der Waals surface area contributed by atoms with E-state index in [-0.39, 0.29) is 30.4 Å². The number of amides is 2. The zero-order valence-electron chi connectivity index (χ0n) is 17.6. The van der Waals surface area contributed by atoms with E-state index in [9.17, 15) is 18.0 Å². The van der Waals surface area contributed by atoms with Gasteiger partial charge in [-0.1, -0.05) is 0 Å². The molecule has 1 atom stereocenters. The zero-order chi connectivity index (χ0) is 22.0. The Morgan fingerprint density at radius 1 is 1.23 bits per heavy atom. The van der Waals surface area contributed by atoms with E-state index in [2.05, 4.69) is 15.7 Å². The molecule has 10 nitrogen and oxygen atoms in total. The average Bonchev–Trinajstić information content (AvgIpc) is 3.46. The Kier molecular flexibility index (Phi) is 6.89. The quantitative estimate of drug-likeness (QED) is 0.595. The fourth-order valence-corrected chi connectivity index (χ4v) is 6.12. The summed E-state index contributed by atoms with van der Waals surface area (Å²) in [5.74, 6) is 1.52. The van der Waals surface area contributed by atoms with Gasteiger partial charge in [-0.3, -0.25) is 9.59 Å². The van der Waals surface area contributed by atoms with Gasteiger partial charge in [0.05, 0.1) is 18.1 Å². The number of rotatable bonds is 7. The Morgan fingerprint density at radius 3 is 2.68 bits per heavy atom. The molecule has 0 aliphatic carbocycles. The zero-order valence-corrected chi connectivity index (χ0v) is 19.3. The van der Waals surface area contributed by atoms with Crippen LogP contribution in [0.3, 0.4) is 0 Å². The number of carbonyl (C=O) groups is 2. The summed E-state index contributed by atoms with van der Waals surface area (Å²) in [5.41, 5.74) is 1.87. The van der Waals surface area contributed by atoms with E-state index < -0.39 is 10.0 Å². The molecule has 1 aromatic heterocycles. The van der Waals surface area contributed by atoms with Gasteiger partial charge in [0.25, 0.3) is 0 Å². The summed E-state index contributed by atoms with van der Waals surface area (Å²) in [4.78, 5) is 25.4. The Bertz CT molecular complexity index is 934. The van der Waals surface area contributed by atoms with Crippen molar-refractivity contribution >= 4 is 39.4 Å². The van der Waals surface area contributed by atoms with Crippen LogP contribution in [-0.2, 0) is 42.4 Å². The number of nitrogens with zero attached hydrogens (tertiary/aromatic N) is 3. The van der Waals surface area contributed by atoms with Crippen LogP contribution in [0.15, 0.2) is 0 Å². The maximum Gasteiger partial charge on any atom is 0.241 e. The lowest BCUT2D eigenvalue weighted by molar-refractivity contribution is -0.123. The maximum absolute atomic E-state index is 12.9. The first-order chi connectivity index (χ1) is 14.8. The Hall–Kier alpha value is -1.63. The van der Waals surface area contributed by atoms with Crippen LogP contribution in [0.5, 0.6) is 0 Å². The summed E-state index contributed by atoms with van der Waals surface area (Å²) in [5, 5.41) is 10.4. The lowest BCUT2D eigenvalue weighted by Crippen LogP contribution is -2.41. The molecular weight excluding hydrogens is 442 g/mol. The second-order valence-electron chi connectivity index (χ2n) is 8.29. The molecule has 1 unspecified atom stereocenters. The fourth-order valence-electron chi connectivity index (χ4n) is 4.21. The molecule has 0 saturated carbocycles. The number of nitrogens with one attached hydrogen (secondary N) is 2. The lowest BCUT2D eigenvalue weighted by atomic mass is 9.97. The molecule has 2 saturated heterocycles. The molecule has 0 aromatic carbocycles. The topological polar surface area (TPSA) is 123 Å². The predicted molar refractivity (Wildman–Crippen MR) is 117 cm³/mol. The number of ether oxygens (including phenoxy) is 1. The normalized spacial score (nSPS) is 22.4. The Morgan fingerprint density at radius 2 is 2.00 bits per heavy atom. The molecule has 1 aromatic rings. The van der Waals surface area contributed by atoms with Gasteiger partial charge < -0.3 is 15.4 Å². The first-order valence-electron chi connectivity index (χ1n) is 10.6. The highest BCUT2D eigenvalue weighted by atomic mass is 32.2. The van der Waals surface area contributed by atoms with Crippen LogP contribution in [0, 0.1) is 5.92 Å². The van der Waals surface area contributed by atoms with E-state index in [0.717, 1.165) is 42.2 Å². The van der Waals surface area contributed by atoms with E-state index in [1.165, 1.54) is 10.6 Å². The molecule has 2 amide bonds. The van der Waals surface area contributed by atoms with Gasteiger partial charge in [0.15, 0.2) is 0 Å². The number of thioether (sulfide) groups is 1. The van der Waals surface area contributed by atoms with E-state index in [0.29, 0.717) is 38.3 Å². The van der Waals surface area contributed by atoms with Crippen molar-refractivity contribution in [2.75, 3.05) is 37.8 Å². The van der Waals surface area contributed by atoms with Crippen LogP contribution >= 0.6 is 11.8 Å². The van der Waals surface area contributed by atoms with E-state index in [1.54, 1.807) is 16.4 Å². The molecule has 2 N–H and O–H groups in total. The van der Waals surface area contributed by atoms with Crippen molar-refractivity contribution in [3.63, 3.8) is 0 Å². The van der Waals surface area contributed by atoms with Crippen LogP contribution in [0.2, 0.25) is 0 Å². The number of hydrogen-bond donors (Lipinski definition) is 2. The van der Waals surface area contributed by atoms with Gasteiger partial charge in [-0.2, -0.15) is 16.9 Å². The Balaban J connectivity index is 1.38. The molecule has 31 heavy (non-hydrogen) atoms. The summed E-state index contributed by atoms with van der Waals surface area (Å²) >= 11 is 1.73. The van der Waals surface area contributed by atoms with E-state index >= 15 is 0 Å². The third-order valence-electron chi connectivity index (χ3n) is 6.00. The number of piperidine rings is 1. The second-order valence-corrected chi connectivity index (χ2v) is 11.3. The molecule has 172 valence electrons. The van der Waals surface area contributed by atoms with Crippen molar-refractivity contribution in [1.82, 2.24) is 19.4 Å². The van der Waals surface area contributed by atoms with Crippen LogP contribution in [0.25, 0.3) is 0 Å². The molecule has 3 aliphatic heterocycles. The highest BCUT2D eigenvalue weighted by molar-refractivity contribution is 7.98. The monoisotopic (exact) mass is 471 g/mol. The minimum absolute atomic E-state index is 0.0342. The largest absolute Gasteiger partial charge is 0.376 e. The molecule has 0 spiro atoms. The summed E-state index contributed by atoms with van der Waals surface area (Å²) in [6.45, 7) is 1.94. The van der Waals surface area contributed by atoms with Crippen molar-refractivity contribution in [2.45, 2.75) is 49.8 Å². The van der Waals surface area contributed by atoms with Crippen LogP contribution in [-0.4, -0.2) is 72.9 Å². The van der Waals surface area contributed by atoms with Crippen molar-refractivity contribution in [2.24, 2.45) is 5.92 Å². The SMILES string of the molecule is CS(=O)(=O)N1CCC(C(=O)Nc2c3c(nn2CC(=O)NCC2CCCO2)CSC3)CC1. The number of fused-ring (bicyclic) bond motifs is 1. The highest BCUT2D eigenvalue weighted by Crippen LogP contribution is 2.35. The standard InChI is InChI=1S/C19H29N5O5S2/c1-31(27,28)23-6-4-13(5-7-23)19(26)21-18-15-11-30-12-16(15)22-24(18)10-17(25)20-9-14-3-2-8-29-14/h13-14H,2-12H2,1H3,(H,20,25)(H,21,26). The second kappa shape index (κ2) is 9.47. The molecule has 4 rings (SSSR count). The van der Waals surface area contributed by atoms with Crippen molar-refractivity contribution in [1.29, 1.82) is 0 Å². The van der Waals surface area contributed by atoms with Gasteiger partial charge in [0.1, 0.15) is 12.4 Å². The van der Waals surface area contributed by atoms with Crippen LogP contribution < -0.4 is 10.6 Å². The smallest absolute Gasteiger partial charge is 0.241 e. The third-order valence-corrected chi connectivity index (χ3v) is 8.27. The van der Waals surface area contributed by atoms with Crippen LogP contribution in [0.1, 0.15) is 36.9 Å². The van der Waals surface area contributed by atoms with E-state index in [1.807, 2.05) is 0 Å². The molecular formula is C19H29N5O5S2. The number of sulfonamides is 1. The summed E-state index contributed by atoms with van der Waals surface area (Å²) in [7, 11) is -3.23. The first kappa shape index (κ1) is 22.6. The number of anilines is 1. The van der Waals surface area contributed by atoms with Crippen molar-refractivity contribution in [3.8, 4) is 0 Å². The van der Waals surface area contributed by atoms with Crippen molar-refractivity contribution < 1.29 is 22.7 Å². The average molecular weight is 472 g/mol. The summed E-state index contributed by atoms with van der Waals surface area (Å²) in [6.07, 6.45) is 4.19. The lowest BCUT2D eigenvalue weighted by Gasteiger charge is -2.29. The van der Waals surface area contributed by atoms with Crippen molar-refractivity contribution in [3.05, 3.63) is 11.3 Å². The number of carbonyl (C=O) groups excluding carboxylic acids is 2. The van der Waals surface area contributed by atoms with Gasteiger partial charge in [0.2, 0.25) is 21.8 Å². The maximum atomic E-state index is 12.9. The van der Waals surface area contributed by atoms with Gasteiger partial charge in [-0.25, -0.2) is 17.4 Å². The predicted octanol–water partition coefficient (Wildman–Crippen LogP) is 0.535. The minimum Gasteiger partial charge on any atom is -0.376 e. The number of hydrogen-bond acceptors (Lipinski definition) is 7. The van der Waals surface area contributed by atoms with Gasteiger partial charge >= 0.3 is 0 Å². The van der Waals surface area contributed by atoms with Gasteiger partial charge in [-0.05, 0) is 25.7 Å². The Labute approximate surface area is 186 Å². The third kappa shape index (κ3) is 5.41. The molecule has 12 heteroatoms. The molecule has 3 aliphatic rings. The summed E-state index contributed by atoms with van der Waals surface area (Å²) < 4.78 is 31.9. The molecule has 0 radical (unpaired) electrons. The fraction of sp³-hybridized carbons (Fsp3) is 0.737. The molecule has 4 heterocycles. The highest BCUT2D eigenvalue weighted by Gasteiger charge is 2.31. The van der Waals surface area contributed by atoms with Gasteiger partial charge in [0, 0.05) is 49.2 Å². The van der Waals surface area contributed by atoms with Crippen LogP contribution in [0.4, 0.5) is 5.82 Å². The minimum atomic E-state index is -3.23. The molecule has 2 fully saturated rings. The number of aromatic nitrogens is 2. The molecule has 0 bridgehead atoms. The van der Waals surface area contributed by atoms with Gasteiger partial charge in [-0.15, -0.1) is 0 Å².